The molecule has 2 aromatic carbocycles. The summed E-state index contributed by atoms with van der Waals surface area (Å²) in [5, 5.41) is 3.51. The molecule has 0 fully saturated rings. The van der Waals surface area contributed by atoms with E-state index in [2.05, 4.69) is 42.6 Å². The number of hydrogen-bond acceptors (Lipinski definition) is 3. The van der Waals surface area contributed by atoms with Gasteiger partial charge in [0, 0.05) is 12.6 Å². The van der Waals surface area contributed by atoms with Crippen LogP contribution in [-0.4, -0.2) is 6.79 Å². The molecule has 0 radical (unpaired) electrons. The third-order valence-electron chi connectivity index (χ3n) is 3.35. The average molecular weight is 255 g/mol. The van der Waals surface area contributed by atoms with E-state index in [1.807, 2.05) is 18.2 Å². The van der Waals surface area contributed by atoms with Gasteiger partial charge in [-0.3, -0.25) is 0 Å². The van der Waals surface area contributed by atoms with E-state index >= 15 is 0 Å². The lowest BCUT2D eigenvalue weighted by molar-refractivity contribution is 0.174. The van der Waals surface area contributed by atoms with Crippen molar-refractivity contribution >= 4 is 0 Å². The zero-order valence-electron chi connectivity index (χ0n) is 10.9. The van der Waals surface area contributed by atoms with E-state index in [9.17, 15) is 0 Å². The van der Waals surface area contributed by atoms with Crippen molar-refractivity contribution in [3.05, 3.63) is 59.7 Å². The molecule has 0 spiro atoms. The predicted molar refractivity (Wildman–Crippen MR) is 74.3 cm³/mol. The molecule has 1 N–H and O–H groups in total. The number of fused-ring (bicyclic) bond motifs is 1. The Morgan fingerprint density at radius 3 is 2.68 bits per heavy atom. The van der Waals surface area contributed by atoms with E-state index < -0.39 is 0 Å². The fraction of sp³-hybridized carbons (Fsp3) is 0.250. The van der Waals surface area contributed by atoms with Gasteiger partial charge in [0.2, 0.25) is 6.79 Å². The van der Waals surface area contributed by atoms with Crippen molar-refractivity contribution in [2.24, 2.45) is 0 Å². The lowest BCUT2D eigenvalue weighted by atomic mass is 10.1. The summed E-state index contributed by atoms with van der Waals surface area (Å²) in [5.41, 5.74) is 2.50. The van der Waals surface area contributed by atoms with Crippen LogP contribution in [0.1, 0.15) is 24.1 Å². The molecule has 0 amide bonds. The van der Waals surface area contributed by atoms with Crippen molar-refractivity contribution in [3.63, 3.8) is 0 Å². The zero-order chi connectivity index (χ0) is 13.1. The van der Waals surface area contributed by atoms with Crippen LogP contribution in [0.4, 0.5) is 0 Å². The molecular formula is C16H17NO2. The van der Waals surface area contributed by atoms with E-state index in [4.69, 9.17) is 9.47 Å². The first-order valence-electron chi connectivity index (χ1n) is 6.50. The standard InChI is InChI=1S/C16H17NO2/c1-12(17-10-13-5-3-2-4-6-13)14-7-8-15-16(9-14)19-11-18-15/h2-9,12,17H,10-11H2,1H3. The normalized spacial score (nSPS) is 14.4. The molecule has 3 heteroatoms. The molecule has 3 nitrogen and oxygen atoms in total. The maximum absolute atomic E-state index is 5.40. The van der Waals surface area contributed by atoms with Gasteiger partial charge in [-0.15, -0.1) is 0 Å². The molecule has 0 aliphatic carbocycles. The van der Waals surface area contributed by atoms with E-state index in [-0.39, 0.29) is 6.04 Å². The van der Waals surface area contributed by atoms with Crippen LogP contribution < -0.4 is 14.8 Å². The number of hydrogen-bond donors (Lipinski definition) is 1. The number of nitrogens with one attached hydrogen (secondary N) is 1. The molecule has 0 aromatic heterocycles. The van der Waals surface area contributed by atoms with Gasteiger partial charge >= 0.3 is 0 Å². The van der Waals surface area contributed by atoms with Crippen molar-refractivity contribution in [1.82, 2.24) is 5.32 Å². The highest BCUT2D eigenvalue weighted by Crippen LogP contribution is 2.34. The molecule has 2 aromatic rings. The second kappa shape index (κ2) is 5.33. The quantitative estimate of drug-likeness (QED) is 0.909. The Labute approximate surface area is 113 Å². The van der Waals surface area contributed by atoms with Gasteiger partial charge in [0.05, 0.1) is 0 Å². The molecule has 1 aliphatic heterocycles. The first-order valence-corrected chi connectivity index (χ1v) is 6.50. The summed E-state index contributed by atoms with van der Waals surface area (Å²) in [5.74, 6) is 1.67. The zero-order valence-corrected chi connectivity index (χ0v) is 10.9. The van der Waals surface area contributed by atoms with E-state index in [0.717, 1.165) is 18.0 Å². The summed E-state index contributed by atoms with van der Waals surface area (Å²) < 4.78 is 10.7. The topological polar surface area (TPSA) is 30.5 Å². The van der Waals surface area contributed by atoms with Crippen LogP contribution in [0.25, 0.3) is 0 Å². The van der Waals surface area contributed by atoms with Gasteiger partial charge in [0.1, 0.15) is 0 Å². The Bertz CT molecular complexity index is 554. The van der Waals surface area contributed by atoms with Gasteiger partial charge in [-0.25, -0.2) is 0 Å². The summed E-state index contributed by atoms with van der Waals surface area (Å²) in [6.45, 7) is 3.33. The smallest absolute Gasteiger partial charge is 0.231 e. The Morgan fingerprint density at radius 1 is 1.05 bits per heavy atom. The van der Waals surface area contributed by atoms with Crippen molar-refractivity contribution in [2.45, 2.75) is 19.5 Å². The van der Waals surface area contributed by atoms with Gasteiger partial charge in [-0.2, -0.15) is 0 Å². The van der Waals surface area contributed by atoms with Gasteiger partial charge in [-0.1, -0.05) is 36.4 Å². The molecule has 1 atom stereocenters. The molecule has 19 heavy (non-hydrogen) atoms. The lowest BCUT2D eigenvalue weighted by Gasteiger charge is -2.14. The molecular weight excluding hydrogens is 238 g/mol. The first-order chi connectivity index (χ1) is 9.33. The summed E-state index contributed by atoms with van der Waals surface area (Å²) in [6.07, 6.45) is 0. The highest BCUT2D eigenvalue weighted by molar-refractivity contribution is 5.45. The minimum atomic E-state index is 0.273. The molecule has 3 rings (SSSR count). The first kappa shape index (κ1) is 12.1. The van der Waals surface area contributed by atoms with E-state index in [1.165, 1.54) is 11.1 Å². The van der Waals surface area contributed by atoms with Gasteiger partial charge in [0.25, 0.3) is 0 Å². The number of ether oxygens (including phenoxy) is 2. The van der Waals surface area contributed by atoms with Crippen molar-refractivity contribution in [2.75, 3.05) is 6.79 Å². The van der Waals surface area contributed by atoms with Crippen molar-refractivity contribution in [1.29, 1.82) is 0 Å². The summed E-state index contributed by atoms with van der Waals surface area (Å²) in [4.78, 5) is 0. The van der Waals surface area contributed by atoms with E-state index in [0.29, 0.717) is 6.79 Å². The Balaban J connectivity index is 1.65. The van der Waals surface area contributed by atoms with Gasteiger partial charge in [-0.05, 0) is 30.2 Å². The Kier molecular flexibility index (Phi) is 3.38. The monoisotopic (exact) mass is 255 g/mol. The predicted octanol–water partition coefficient (Wildman–Crippen LogP) is 3.27. The van der Waals surface area contributed by atoms with Crippen LogP contribution in [0, 0.1) is 0 Å². The van der Waals surface area contributed by atoms with Crippen LogP contribution in [0.3, 0.4) is 0 Å². The average Bonchev–Trinajstić information content (AvgIpc) is 2.93. The lowest BCUT2D eigenvalue weighted by Crippen LogP contribution is -2.17. The number of benzene rings is 2. The molecule has 0 saturated carbocycles. The minimum absolute atomic E-state index is 0.273. The van der Waals surface area contributed by atoms with Crippen LogP contribution in [0.2, 0.25) is 0 Å². The molecule has 0 bridgehead atoms. The molecule has 98 valence electrons. The Hall–Kier alpha value is -2.00. The molecule has 0 saturated heterocycles. The third kappa shape index (κ3) is 2.71. The van der Waals surface area contributed by atoms with Crippen molar-refractivity contribution < 1.29 is 9.47 Å². The van der Waals surface area contributed by atoms with Gasteiger partial charge < -0.3 is 14.8 Å². The summed E-state index contributed by atoms with van der Waals surface area (Å²) in [7, 11) is 0. The second-order valence-corrected chi connectivity index (χ2v) is 4.70. The Morgan fingerprint density at radius 2 is 1.84 bits per heavy atom. The minimum Gasteiger partial charge on any atom is -0.454 e. The van der Waals surface area contributed by atoms with Crippen LogP contribution in [0.15, 0.2) is 48.5 Å². The molecule has 1 unspecified atom stereocenters. The van der Waals surface area contributed by atoms with Crippen LogP contribution >= 0.6 is 0 Å². The van der Waals surface area contributed by atoms with Crippen LogP contribution in [0.5, 0.6) is 11.5 Å². The number of rotatable bonds is 4. The molecule has 1 aliphatic rings. The van der Waals surface area contributed by atoms with E-state index in [1.54, 1.807) is 0 Å². The highest BCUT2D eigenvalue weighted by atomic mass is 16.7. The highest BCUT2D eigenvalue weighted by Gasteiger charge is 2.15. The summed E-state index contributed by atoms with van der Waals surface area (Å²) >= 11 is 0. The maximum atomic E-state index is 5.40. The van der Waals surface area contributed by atoms with Gasteiger partial charge in [0.15, 0.2) is 11.5 Å². The second-order valence-electron chi connectivity index (χ2n) is 4.70. The molecule has 1 heterocycles. The summed E-state index contributed by atoms with van der Waals surface area (Å²) in [6, 6.07) is 16.8. The van der Waals surface area contributed by atoms with Crippen LogP contribution in [-0.2, 0) is 6.54 Å². The fourth-order valence-electron chi connectivity index (χ4n) is 2.17. The van der Waals surface area contributed by atoms with Crippen molar-refractivity contribution in [3.8, 4) is 11.5 Å². The third-order valence-corrected chi connectivity index (χ3v) is 3.35. The SMILES string of the molecule is CC(NCc1ccccc1)c1ccc2c(c1)OCO2. The maximum Gasteiger partial charge on any atom is 0.231 e. The largest absolute Gasteiger partial charge is 0.454 e. The fourth-order valence-corrected chi connectivity index (χ4v) is 2.17.